The zero-order valence-corrected chi connectivity index (χ0v) is 20.2. The minimum atomic E-state index is -4.17. The number of amides is 1. The number of carbonyl (C=O) groups excluding carboxylic acids is 1. The molecule has 0 aliphatic carbocycles. The molecule has 0 atom stereocenters. The van der Waals surface area contributed by atoms with Gasteiger partial charge in [-0.05, 0) is 6.42 Å². The molecule has 0 bridgehead atoms. The van der Waals surface area contributed by atoms with Crippen molar-refractivity contribution in [3.8, 4) is 0 Å². The molecule has 0 fully saturated rings. The van der Waals surface area contributed by atoms with Crippen LogP contribution in [0.2, 0.25) is 0 Å². The fourth-order valence-electron chi connectivity index (χ4n) is 2.56. The fourth-order valence-corrected chi connectivity index (χ4v) is 3.01. The molecule has 0 heterocycles. The average molecular weight is 419 g/mol. The molecule has 0 aromatic heterocycles. The van der Waals surface area contributed by atoms with Crippen LogP contribution in [0.15, 0.2) is 0 Å². The van der Waals surface area contributed by atoms with Crippen molar-refractivity contribution in [1.82, 2.24) is 4.90 Å². The Labute approximate surface area is 200 Å². The van der Waals surface area contributed by atoms with E-state index in [-0.39, 0.29) is 83.2 Å². The molecule has 0 aromatic carbocycles. The zero-order valence-electron chi connectivity index (χ0n) is 16.3. The van der Waals surface area contributed by atoms with Gasteiger partial charge in [-0.1, -0.05) is 58.3 Å². The number of hydrogen-bond donors (Lipinski definition) is 2. The number of unbranched alkanes of at least 4 members (excludes halogenated alkanes) is 8. The maximum atomic E-state index is 12.1. The van der Waals surface area contributed by atoms with E-state index < -0.39 is 21.8 Å². The molecule has 7 nitrogen and oxygen atoms in total. The van der Waals surface area contributed by atoms with Gasteiger partial charge in [0.05, 0.1) is 12.2 Å². The van der Waals surface area contributed by atoms with Gasteiger partial charge in [0.15, 0.2) is 0 Å². The number of carboxylic acids is 1. The first kappa shape index (κ1) is 28.7. The summed E-state index contributed by atoms with van der Waals surface area (Å²) in [6.07, 6.45) is 10.2. The quantitative estimate of drug-likeness (QED) is 0.226. The fraction of sp³-hybridized carbons (Fsp3) is 0.882. The maximum Gasteiger partial charge on any atom is 0.305 e. The van der Waals surface area contributed by atoms with Gasteiger partial charge in [0, 0.05) is 70.9 Å². The topological polar surface area (TPSA) is 112 Å². The van der Waals surface area contributed by atoms with Gasteiger partial charge in [-0.15, -0.1) is 0 Å². The minimum absolute atomic E-state index is 0. The van der Waals surface area contributed by atoms with E-state index in [1.807, 2.05) is 0 Å². The van der Waals surface area contributed by atoms with Crippen molar-refractivity contribution in [3.63, 3.8) is 0 Å². The molecule has 0 spiro atoms. The third-order valence-electron chi connectivity index (χ3n) is 4.06. The Bertz CT molecular complexity index is 484. The molecule has 0 aliphatic heterocycles. The van der Waals surface area contributed by atoms with E-state index in [1.165, 1.54) is 37.0 Å². The van der Waals surface area contributed by atoms with Crippen LogP contribution in [0.25, 0.3) is 0 Å². The summed E-state index contributed by atoms with van der Waals surface area (Å²) in [4.78, 5) is 24.0. The van der Waals surface area contributed by atoms with Crippen LogP contribution in [0, 0.1) is 0 Å². The Kier molecular flexibility index (Phi) is 19.4. The third kappa shape index (κ3) is 19.3. The van der Waals surface area contributed by atoms with E-state index in [2.05, 4.69) is 6.92 Å². The van der Waals surface area contributed by atoms with E-state index >= 15 is 0 Å². The molecule has 0 saturated carbocycles. The molecule has 0 aliphatic rings. The van der Waals surface area contributed by atoms with Gasteiger partial charge in [0.2, 0.25) is 5.91 Å². The zero-order chi connectivity index (χ0) is 19.1. The Morgan fingerprint density at radius 2 is 1.35 bits per heavy atom. The Balaban J connectivity index is 0. The van der Waals surface area contributed by atoms with Crippen LogP contribution < -0.4 is 0 Å². The summed E-state index contributed by atoms with van der Waals surface area (Å²) in [6, 6.07) is 0. The second kappa shape index (κ2) is 17.6. The van der Waals surface area contributed by atoms with E-state index in [0.717, 1.165) is 19.3 Å². The molecule has 2 N–H and O–H groups in total. The summed E-state index contributed by atoms with van der Waals surface area (Å²) in [5.41, 5.74) is 0. The SMILES string of the molecule is CCCCCCCCCCCC(=O)N(CCC(=O)O)CCS(=O)(=O)O.[K]. The van der Waals surface area contributed by atoms with Gasteiger partial charge in [-0.3, -0.25) is 14.1 Å². The molecule has 149 valence electrons. The molecule has 26 heavy (non-hydrogen) atoms. The summed E-state index contributed by atoms with van der Waals surface area (Å²) in [5.74, 6) is -1.88. The second-order valence-electron chi connectivity index (χ2n) is 6.39. The normalized spacial score (nSPS) is 11.0. The van der Waals surface area contributed by atoms with Gasteiger partial charge in [0.25, 0.3) is 10.1 Å². The van der Waals surface area contributed by atoms with Gasteiger partial charge < -0.3 is 10.0 Å². The average Bonchev–Trinajstić information content (AvgIpc) is 2.51. The summed E-state index contributed by atoms with van der Waals surface area (Å²) in [7, 11) is -4.17. The van der Waals surface area contributed by atoms with Crippen LogP contribution in [0.4, 0.5) is 0 Å². The van der Waals surface area contributed by atoms with Crippen LogP contribution in [-0.2, 0) is 19.7 Å². The van der Waals surface area contributed by atoms with E-state index in [4.69, 9.17) is 9.66 Å². The second-order valence-corrected chi connectivity index (χ2v) is 7.96. The van der Waals surface area contributed by atoms with Crippen molar-refractivity contribution in [2.75, 3.05) is 18.8 Å². The van der Waals surface area contributed by atoms with Crippen LogP contribution in [0.5, 0.6) is 0 Å². The van der Waals surface area contributed by atoms with Crippen molar-refractivity contribution in [2.24, 2.45) is 0 Å². The molecule has 0 saturated heterocycles. The predicted octanol–water partition coefficient (Wildman–Crippen LogP) is 2.72. The van der Waals surface area contributed by atoms with Crippen molar-refractivity contribution in [1.29, 1.82) is 0 Å². The van der Waals surface area contributed by atoms with Gasteiger partial charge in [0.1, 0.15) is 0 Å². The minimum Gasteiger partial charge on any atom is -0.481 e. The maximum absolute atomic E-state index is 12.1. The predicted molar refractivity (Wildman–Crippen MR) is 103 cm³/mol. The summed E-state index contributed by atoms with van der Waals surface area (Å²) >= 11 is 0. The van der Waals surface area contributed by atoms with Crippen LogP contribution in [-0.4, -0.2) is 105 Å². The van der Waals surface area contributed by atoms with Crippen molar-refractivity contribution < 1.29 is 27.7 Å². The van der Waals surface area contributed by atoms with Crippen molar-refractivity contribution in [3.05, 3.63) is 0 Å². The van der Waals surface area contributed by atoms with Crippen molar-refractivity contribution >= 4 is 73.4 Å². The largest absolute Gasteiger partial charge is 0.481 e. The molecule has 9 heteroatoms. The number of hydrogen-bond acceptors (Lipinski definition) is 4. The Hall–Kier alpha value is 0.486. The molecule has 1 amide bonds. The Morgan fingerprint density at radius 3 is 1.81 bits per heavy atom. The van der Waals surface area contributed by atoms with E-state index in [1.54, 1.807) is 0 Å². The number of aliphatic carboxylic acids is 1. The number of carbonyl (C=O) groups is 2. The first-order valence-corrected chi connectivity index (χ1v) is 10.8. The first-order chi connectivity index (χ1) is 11.8. The summed E-state index contributed by atoms with van der Waals surface area (Å²) < 4.78 is 30.4. The molecule has 0 aromatic rings. The molecule has 0 unspecified atom stereocenters. The van der Waals surface area contributed by atoms with Crippen LogP contribution >= 0.6 is 0 Å². The van der Waals surface area contributed by atoms with Gasteiger partial charge in [-0.2, -0.15) is 8.42 Å². The molecule has 0 rings (SSSR count). The summed E-state index contributed by atoms with van der Waals surface area (Å²) in [6.45, 7) is 1.97. The van der Waals surface area contributed by atoms with Crippen molar-refractivity contribution in [2.45, 2.75) is 77.6 Å². The molecule has 1 radical (unpaired) electrons. The number of nitrogens with zero attached hydrogens (tertiary/aromatic N) is 1. The van der Waals surface area contributed by atoms with Gasteiger partial charge >= 0.3 is 5.97 Å². The molecular weight excluding hydrogens is 385 g/mol. The smallest absolute Gasteiger partial charge is 0.305 e. The monoisotopic (exact) mass is 418 g/mol. The van der Waals surface area contributed by atoms with Gasteiger partial charge in [-0.25, -0.2) is 0 Å². The van der Waals surface area contributed by atoms with Crippen LogP contribution in [0.3, 0.4) is 0 Å². The standard InChI is InChI=1S/C17H33NO6S.K/c1-2-3-4-5-6-7-8-9-10-11-16(19)18(13-12-17(20)21)14-15-25(22,23)24;/h2-15H2,1H3,(H,20,21)(H,22,23,24);. The Morgan fingerprint density at radius 1 is 0.846 bits per heavy atom. The molecular formula is C17H33KNO6S. The number of carboxylic acid groups (broad SMARTS) is 1. The number of rotatable bonds is 16. The first-order valence-electron chi connectivity index (χ1n) is 9.21. The van der Waals surface area contributed by atoms with E-state index in [9.17, 15) is 18.0 Å². The summed E-state index contributed by atoms with van der Waals surface area (Å²) in [5, 5.41) is 8.72. The van der Waals surface area contributed by atoms with E-state index in [0.29, 0.717) is 6.42 Å². The van der Waals surface area contributed by atoms with Crippen LogP contribution in [0.1, 0.15) is 77.6 Å². The third-order valence-corrected chi connectivity index (χ3v) is 4.76.